The summed E-state index contributed by atoms with van der Waals surface area (Å²) in [5.74, 6) is -0.295. The van der Waals surface area contributed by atoms with Gasteiger partial charge in [-0.25, -0.2) is 8.42 Å². The maximum absolute atomic E-state index is 14.1. The number of piperidine rings is 1. The van der Waals surface area contributed by atoms with Crippen molar-refractivity contribution in [3.05, 3.63) is 46.8 Å². The minimum Gasteiger partial charge on any atom is -0.390 e. The van der Waals surface area contributed by atoms with Gasteiger partial charge >= 0.3 is 0 Å². The van der Waals surface area contributed by atoms with E-state index < -0.39 is 27.7 Å². The SMILES string of the molecule is CCCCN1C(=O)[C@@H]([C@H](O)C2CCCCC2)NC(=O)C12CCN(C(c1ccc(S(=O)(=O)N(CC)CC)cc1)c1c(C)n[nH]c1C)CC2.Cl. The molecule has 0 radical (unpaired) electrons. The smallest absolute Gasteiger partial charge is 0.248 e. The van der Waals surface area contributed by atoms with Crippen LogP contribution in [0, 0.1) is 19.8 Å². The second-order valence-electron chi connectivity index (χ2n) is 13.7. The normalized spacial score (nSPS) is 22.1. The van der Waals surface area contributed by atoms with Crippen LogP contribution in [0.4, 0.5) is 0 Å². The molecule has 2 amide bonds. The average molecular weight is 707 g/mol. The minimum atomic E-state index is -3.60. The zero-order valence-corrected chi connectivity index (χ0v) is 30.8. The van der Waals surface area contributed by atoms with Gasteiger partial charge < -0.3 is 15.3 Å². The van der Waals surface area contributed by atoms with Crippen molar-refractivity contribution < 1.29 is 23.1 Å². The van der Waals surface area contributed by atoms with Crippen molar-refractivity contribution in [2.45, 2.75) is 121 Å². The van der Waals surface area contributed by atoms with E-state index in [4.69, 9.17) is 0 Å². The number of carbonyl (C=O) groups excluding carboxylic acids is 2. The molecule has 0 bridgehead atoms. The number of aromatic nitrogens is 2. The van der Waals surface area contributed by atoms with Gasteiger partial charge in [0.2, 0.25) is 21.8 Å². The lowest BCUT2D eigenvalue weighted by Crippen LogP contribution is -2.75. The lowest BCUT2D eigenvalue weighted by molar-refractivity contribution is -0.166. The van der Waals surface area contributed by atoms with E-state index in [1.165, 1.54) is 4.31 Å². The third-order valence-corrected chi connectivity index (χ3v) is 13.0. The van der Waals surface area contributed by atoms with Crippen LogP contribution < -0.4 is 5.32 Å². The third-order valence-electron chi connectivity index (χ3n) is 11.0. The molecule has 1 aromatic carbocycles. The molecule has 11 nitrogen and oxygen atoms in total. The Kier molecular flexibility index (Phi) is 12.8. The number of aromatic amines is 1. The number of aliphatic hydroxyl groups excluding tert-OH is 1. The molecule has 3 fully saturated rings. The minimum absolute atomic E-state index is 0. The fraction of sp³-hybridized carbons (Fsp3) is 0.686. The molecule has 268 valence electrons. The van der Waals surface area contributed by atoms with Gasteiger partial charge in [0.1, 0.15) is 11.6 Å². The second kappa shape index (κ2) is 16.0. The first kappa shape index (κ1) is 38.3. The molecule has 2 saturated heterocycles. The van der Waals surface area contributed by atoms with Crippen LogP contribution >= 0.6 is 12.4 Å². The topological polar surface area (TPSA) is 139 Å². The van der Waals surface area contributed by atoms with Crippen molar-refractivity contribution in [1.82, 2.24) is 29.6 Å². The summed E-state index contributed by atoms with van der Waals surface area (Å²) in [6.45, 7) is 12.1. The number of nitrogens with zero attached hydrogens (tertiary/aromatic N) is 4. The quantitative estimate of drug-likeness (QED) is 0.296. The number of rotatable bonds is 12. The number of aliphatic hydroxyl groups is 1. The van der Waals surface area contributed by atoms with E-state index in [1.807, 2.05) is 39.8 Å². The Morgan fingerprint density at radius 1 is 1.02 bits per heavy atom. The van der Waals surface area contributed by atoms with Crippen LogP contribution in [0.1, 0.15) is 107 Å². The summed E-state index contributed by atoms with van der Waals surface area (Å²) < 4.78 is 27.9. The molecular formula is C35H55ClN6O5S. The third kappa shape index (κ3) is 7.19. The Balaban J connectivity index is 0.00000520. The summed E-state index contributed by atoms with van der Waals surface area (Å²) in [5.41, 5.74) is 2.79. The number of hydrogen-bond acceptors (Lipinski definition) is 7. The van der Waals surface area contributed by atoms with Crippen LogP contribution in [-0.4, -0.2) is 100 Å². The van der Waals surface area contributed by atoms with Crippen molar-refractivity contribution in [1.29, 1.82) is 0 Å². The highest BCUT2D eigenvalue weighted by Crippen LogP contribution is 2.41. The number of halogens is 1. The van der Waals surface area contributed by atoms with Crippen LogP contribution in [0.3, 0.4) is 0 Å². The molecule has 2 aromatic rings. The van der Waals surface area contributed by atoms with Gasteiger partial charge in [-0.2, -0.15) is 9.40 Å². The number of benzene rings is 1. The Morgan fingerprint density at radius 3 is 2.19 bits per heavy atom. The van der Waals surface area contributed by atoms with Gasteiger partial charge in [0, 0.05) is 44.0 Å². The number of likely N-dealkylation sites (tertiary alicyclic amines) is 1. The summed E-state index contributed by atoms with van der Waals surface area (Å²) in [7, 11) is -3.60. The Bertz CT molecular complexity index is 1480. The zero-order valence-electron chi connectivity index (χ0n) is 29.2. The Morgan fingerprint density at radius 2 is 1.65 bits per heavy atom. The van der Waals surface area contributed by atoms with E-state index in [9.17, 15) is 23.1 Å². The molecule has 3 aliphatic rings. The first-order valence-corrected chi connectivity index (χ1v) is 19.1. The number of sulfonamides is 1. The number of nitrogens with one attached hydrogen (secondary N) is 2. The highest BCUT2D eigenvalue weighted by Gasteiger charge is 2.55. The van der Waals surface area contributed by atoms with Gasteiger partial charge in [0.15, 0.2) is 0 Å². The van der Waals surface area contributed by atoms with Crippen LogP contribution in [-0.2, 0) is 19.6 Å². The van der Waals surface area contributed by atoms with Crippen molar-refractivity contribution in [2.75, 3.05) is 32.7 Å². The van der Waals surface area contributed by atoms with Crippen molar-refractivity contribution in [2.24, 2.45) is 5.92 Å². The van der Waals surface area contributed by atoms with Crippen molar-refractivity contribution in [3.8, 4) is 0 Å². The first-order valence-electron chi connectivity index (χ1n) is 17.7. The van der Waals surface area contributed by atoms with Crippen LogP contribution in [0.25, 0.3) is 0 Å². The predicted octanol–water partition coefficient (Wildman–Crippen LogP) is 4.47. The van der Waals surface area contributed by atoms with E-state index in [2.05, 4.69) is 27.3 Å². The van der Waals surface area contributed by atoms with Gasteiger partial charge in [0.25, 0.3) is 0 Å². The van der Waals surface area contributed by atoms with E-state index in [0.29, 0.717) is 45.6 Å². The number of unbranched alkanes of at least 4 members (excludes halogenated alkanes) is 1. The molecule has 1 unspecified atom stereocenters. The van der Waals surface area contributed by atoms with Gasteiger partial charge in [-0.3, -0.25) is 19.6 Å². The molecular weight excluding hydrogens is 652 g/mol. The van der Waals surface area contributed by atoms with E-state index in [1.54, 1.807) is 17.0 Å². The molecule has 1 aliphatic carbocycles. The molecule has 1 aromatic heterocycles. The Hall–Kier alpha value is -2.51. The fourth-order valence-corrected chi connectivity index (χ4v) is 9.62. The summed E-state index contributed by atoms with van der Waals surface area (Å²) >= 11 is 0. The summed E-state index contributed by atoms with van der Waals surface area (Å²) in [6, 6.07) is 6.02. The molecule has 13 heteroatoms. The van der Waals surface area contributed by atoms with Crippen LogP contribution in [0.2, 0.25) is 0 Å². The fourth-order valence-electron chi connectivity index (χ4n) is 8.16. The van der Waals surface area contributed by atoms with E-state index in [0.717, 1.165) is 67.5 Å². The van der Waals surface area contributed by atoms with Gasteiger partial charge in [-0.1, -0.05) is 58.6 Å². The van der Waals surface area contributed by atoms with Crippen LogP contribution in [0.15, 0.2) is 29.2 Å². The number of aryl methyl sites for hydroxylation is 2. The van der Waals surface area contributed by atoms with Gasteiger partial charge in [0.05, 0.1) is 22.7 Å². The zero-order chi connectivity index (χ0) is 33.9. The largest absolute Gasteiger partial charge is 0.390 e. The molecule has 3 N–H and O–H groups in total. The Labute approximate surface area is 292 Å². The molecule has 3 atom stereocenters. The summed E-state index contributed by atoms with van der Waals surface area (Å²) in [5, 5.41) is 21.9. The molecule has 2 aliphatic heterocycles. The van der Waals surface area contributed by atoms with E-state index >= 15 is 0 Å². The van der Waals surface area contributed by atoms with E-state index in [-0.39, 0.29) is 41.1 Å². The monoisotopic (exact) mass is 706 g/mol. The lowest BCUT2D eigenvalue weighted by atomic mass is 9.77. The van der Waals surface area contributed by atoms with Gasteiger partial charge in [-0.05, 0) is 69.6 Å². The molecule has 3 heterocycles. The number of hydrogen-bond donors (Lipinski definition) is 3. The molecule has 1 spiro atoms. The first-order chi connectivity index (χ1) is 22.5. The summed E-state index contributed by atoms with van der Waals surface area (Å²) in [4.78, 5) is 32.6. The maximum atomic E-state index is 14.1. The summed E-state index contributed by atoms with van der Waals surface area (Å²) in [6.07, 6.45) is 6.72. The van der Waals surface area contributed by atoms with Crippen LogP contribution in [0.5, 0.6) is 0 Å². The number of piperazine rings is 1. The highest BCUT2D eigenvalue weighted by molar-refractivity contribution is 7.89. The molecule has 5 rings (SSSR count). The number of carbonyl (C=O) groups is 2. The highest BCUT2D eigenvalue weighted by atomic mass is 35.5. The number of H-pyrrole nitrogens is 1. The standard InChI is InChI=1S/C35H54N6O5S.ClH/c1-6-9-21-41-33(43)30(32(42)27-13-11-10-12-14-27)36-34(44)35(41)19-22-39(23-20-35)31(29-24(4)37-38-25(29)5)26-15-17-28(18-16-26)47(45,46)40(7-2)8-3;/h15-18,27,30-32,42H,6-14,19-23H2,1-5H3,(H,36,44)(H,37,38);1H/t30-,31?,32-;/m1./s1. The predicted molar refractivity (Wildman–Crippen MR) is 188 cm³/mol. The second-order valence-corrected chi connectivity index (χ2v) is 15.6. The van der Waals surface area contributed by atoms with Crippen molar-refractivity contribution >= 4 is 34.2 Å². The maximum Gasteiger partial charge on any atom is 0.248 e. The number of amides is 2. The van der Waals surface area contributed by atoms with Crippen molar-refractivity contribution in [3.63, 3.8) is 0 Å². The van der Waals surface area contributed by atoms with Gasteiger partial charge in [-0.15, -0.1) is 12.4 Å². The lowest BCUT2D eigenvalue weighted by Gasteiger charge is -2.53. The molecule has 48 heavy (non-hydrogen) atoms. The molecule has 1 saturated carbocycles. The average Bonchev–Trinajstić information content (AvgIpc) is 3.41.